The van der Waals surface area contributed by atoms with E-state index in [2.05, 4.69) is 10.3 Å². The van der Waals surface area contributed by atoms with Gasteiger partial charge < -0.3 is 30.0 Å². The fourth-order valence-electron chi connectivity index (χ4n) is 2.86. The lowest BCUT2D eigenvalue weighted by Gasteiger charge is -2.20. The fourth-order valence-corrected chi connectivity index (χ4v) is 3.15. The molecule has 7 nitrogen and oxygen atoms in total. The highest BCUT2D eigenvalue weighted by atomic mass is 35.5. The number of aliphatic imine (C=N–C) groups is 1. The van der Waals surface area contributed by atoms with Gasteiger partial charge in [-0.2, -0.15) is 0 Å². The molecule has 0 aromatic heterocycles. The second-order valence-electron chi connectivity index (χ2n) is 6.14. The van der Waals surface area contributed by atoms with Crippen LogP contribution in [-0.2, 0) is 6.54 Å². The molecule has 0 atom stereocenters. The van der Waals surface area contributed by atoms with Crippen molar-refractivity contribution in [3.8, 4) is 23.0 Å². The largest absolute Gasteiger partial charge is 0.490 e. The monoisotopic (exact) mass is 389 g/mol. The first-order valence-electron chi connectivity index (χ1n) is 8.73. The molecule has 2 aromatic rings. The van der Waals surface area contributed by atoms with Crippen LogP contribution in [0.2, 0.25) is 5.02 Å². The predicted octanol–water partition coefficient (Wildman–Crippen LogP) is 3.20. The Hall–Kier alpha value is -2.80. The number of nitrogens with one attached hydrogen (secondary N) is 1. The van der Waals surface area contributed by atoms with E-state index in [-0.39, 0.29) is 5.96 Å². The Kier molecular flexibility index (Phi) is 5.11. The Balaban J connectivity index is 1.44. The summed E-state index contributed by atoms with van der Waals surface area (Å²) in [6.45, 7) is 2.65. The molecule has 2 aliphatic rings. The van der Waals surface area contributed by atoms with Gasteiger partial charge in [0.25, 0.3) is 0 Å². The first kappa shape index (κ1) is 17.6. The molecule has 2 heterocycles. The third-order valence-electron chi connectivity index (χ3n) is 4.11. The van der Waals surface area contributed by atoms with Crippen LogP contribution in [0, 0.1) is 0 Å². The normalized spacial score (nSPS) is 15.8. The molecule has 0 saturated carbocycles. The zero-order chi connectivity index (χ0) is 18.6. The molecule has 0 radical (unpaired) electrons. The van der Waals surface area contributed by atoms with Crippen LogP contribution in [0.4, 0.5) is 5.69 Å². The quantitative estimate of drug-likeness (QED) is 0.619. The Bertz CT molecular complexity index is 872. The minimum Gasteiger partial charge on any atom is -0.490 e. The topological polar surface area (TPSA) is 87.3 Å². The number of halogens is 1. The van der Waals surface area contributed by atoms with Crippen LogP contribution in [-0.4, -0.2) is 32.4 Å². The van der Waals surface area contributed by atoms with Crippen molar-refractivity contribution in [1.82, 2.24) is 0 Å². The van der Waals surface area contributed by atoms with Gasteiger partial charge in [-0.15, -0.1) is 0 Å². The molecule has 0 spiro atoms. The summed E-state index contributed by atoms with van der Waals surface area (Å²) in [7, 11) is 0. The van der Waals surface area contributed by atoms with Crippen LogP contribution < -0.4 is 30.0 Å². The van der Waals surface area contributed by atoms with E-state index in [1.807, 2.05) is 24.3 Å². The minimum atomic E-state index is 0.288. The Labute approximate surface area is 162 Å². The maximum Gasteiger partial charge on any atom is 0.193 e. The van der Waals surface area contributed by atoms with E-state index in [0.29, 0.717) is 55.2 Å². The van der Waals surface area contributed by atoms with Crippen molar-refractivity contribution in [3.05, 3.63) is 40.9 Å². The predicted molar refractivity (Wildman–Crippen MR) is 103 cm³/mol. The number of nitrogens with two attached hydrogens (primary N) is 1. The first-order chi connectivity index (χ1) is 13.2. The molecular weight excluding hydrogens is 370 g/mol. The van der Waals surface area contributed by atoms with Crippen LogP contribution in [0.3, 0.4) is 0 Å². The molecule has 0 saturated heterocycles. The van der Waals surface area contributed by atoms with Crippen molar-refractivity contribution in [2.24, 2.45) is 10.7 Å². The number of nitrogens with zero attached hydrogens (tertiary/aromatic N) is 1. The average Bonchev–Trinajstić information content (AvgIpc) is 2.91. The Morgan fingerprint density at radius 1 is 0.963 bits per heavy atom. The van der Waals surface area contributed by atoms with Gasteiger partial charge in [-0.1, -0.05) is 11.6 Å². The number of hydrogen-bond donors (Lipinski definition) is 2. The van der Waals surface area contributed by atoms with Gasteiger partial charge in [0.15, 0.2) is 29.0 Å². The molecule has 4 rings (SSSR count). The van der Waals surface area contributed by atoms with E-state index < -0.39 is 0 Å². The number of hydrogen-bond acceptors (Lipinski definition) is 5. The average molecular weight is 390 g/mol. The molecule has 2 aromatic carbocycles. The number of fused-ring (bicyclic) bond motifs is 2. The maximum absolute atomic E-state index is 6.25. The van der Waals surface area contributed by atoms with Crippen LogP contribution >= 0.6 is 11.6 Å². The summed E-state index contributed by atoms with van der Waals surface area (Å²) in [5, 5.41) is 3.57. The summed E-state index contributed by atoms with van der Waals surface area (Å²) in [6.07, 6.45) is 0.860. The number of guanidine groups is 1. The van der Waals surface area contributed by atoms with Crippen molar-refractivity contribution in [2.45, 2.75) is 13.0 Å². The van der Waals surface area contributed by atoms with Gasteiger partial charge in [-0.25, -0.2) is 4.99 Å². The van der Waals surface area contributed by atoms with E-state index in [0.717, 1.165) is 23.4 Å². The lowest BCUT2D eigenvalue weighted by molar-refractivity contribution is 0.171. The van der Waals surface area contributed by atoms with Gasteiger partial charge in [0.05, 0.1) is 24.8 Å². The van der Waals surface area contributed by atoms with E-state index in [1.54, 1.807) is 6.07 Å². The minimum absolute atomic E-state index is 0.288. The molecule has 2 aliphatic heterocycles. The van der Waals surface area contributed by atoms with Crippen molar-refractivity contribution in [2.75, 3.05) is 31.7 Å². The summed E-state index contributed by atoms with van der Waals surface area (Å²) in [5.41, 5.74) is 7.67. The summed E-state index contributed by atoms with van der Waals surface area (Å²) in [5.74, 6) is 2.93. The second-order valence-corrected chi connectivity index (χ2v) is 6.55. The first-order valence-corrected chi connectivity index (χ1v) is 9.11. The molecular formula is C19H20ClN3O4. The molecule has 27 heavy (non-hydrogen) atoms. The highest BCUT2D eigenvalue weighted by Crippen LogP contribution is 2.38. The van der Waals surface area contributed by atoms with Gasteiger partial charge in [0.2, 0.25) is 0 Å². The summed E-state index contributed by atoms with van der Waals surface area (Å²) in [6, 6.07) is 9.25. The molecule has 0 bridgehead atoms. The van der Waals surface area contributed by atoms with Crippen molar-refractivity contribution in [3.63, 3.8) is 0 Å². The van der Waals surface area contributed by atoms with E-state index in [1.165, 1.54) is 0 Å². The summed E-state index contributed by atoms with van der Waals surface area (Å²) >= 11 is 6.25. The standard InChI is InChI=1S/C19H20ClN3O4/c20-14-8-12(9-17-18(14)27-7-6-26-17)11-22-19(21)23-13-2-3-15-16(10-13)25-5-1-4-24-15/h2-3,8-10H,1,4-7,11H2,(H3,21,22,23). The van der Waals surface area contributed by atoms with Gasteiger partial charge >= 0.3 is 0 Å². The highest BCUT2D eigenvalue weighted by Gasteiger charge is 2.16. The fraction of sp³-hybridized carbons (Fsp3) is 0.316. The van der Waals surface area contributed by atoms with Crippen LogP contribution in [0.25, 0.3) is 0 Å². The molecule has 0 fully saturated rings. The van der Waals surface area contributed by atoms with Gasteiger partial charge in [-0.3, -0.25) is 0 Å². The summed E-state index contributed by atoms with van der Waals surface area (Å²) in [4.78, 5) is 4.37. The highest BCUT2D eigenvalue weighted by molar-refractivity contribution is 6.32. The third-order valence-corrected chi connectivity index (χ3v) is 4.39. The van der Waals surface area contributed by atoms with Crippen LogP contribution in [0.5, 0.6) is 23.0 Å². The van der Waals surface area contributed by atoms with E-state index in [4.69, 9.17) is 36.3 Å². The molecule has 0 amide bonds. The van der Waals surface area contributed by atoms with Crippen LogP contribution in [0.1, 0.15) is 12.0 Å². The van der Waals surface area contributed by atoms with Gasteiger partial charge in [-0.05, 0) is 29.8 Å². The number of rotatable bonds is 3. The van der Waals surface area contributed by atoms with E-state index in [9.17, 15) is 0 Å². The molecule has 0 aliphatic carbocycles. The number of anilines is 1. The summed E-state index contributed by atoms with van der Waals surface area (Å²) < 4.78 is 22.4. The third kappa shape index (κ3) is 4.14. The smallest absolute Gasteiger partial charge is 0.193 e. The van der Waals surface area contributed by atoms with Crippen molar-refractivity contribution >= 4 is 23.2 Å². The molecule has 0 unspecified atom stereocenters. The second kappa shape index (κ2) is 7.84. The SMILES string of the molecule is NC(=NCc1cc(Cl)c2c(c1)OCCO2)Nc1ccc2c(c1)OCCCO2. The zero-order valence-corrected chi connectivity index (χ0v) is 15.4. The Morgan fingerprint density at radius 2 is 1.74 bits per heavy atom. The maximum atomic E-state index is 6.25. The zero-order valence-electron chi connectivity index (χ0n) is 14.7. The van der Waals surface area contributed by atoms with Crippen LogP contribution in [0.15, 0.2) is 35.3 Å². The van der Waals surface area contributed by atoms with Crippen molar-refractivity contribution in [1.29, 1.82) is 0 Å². The van der Waals surface area contributed by atoms with Crippen molar-refractivity contribution < 1.29 is 18.9 Å². The lowest BCUT2D eigenvalue weighted by atomic mass is 10.2. The number of ether oxygens (including phenoxy) is 4. The van der Waals surface area contributed by atoms with E-state index >= 15 is 0 Å². The molecule has 3 N–H and O–H groups in total. The molecule has 142 valence electrons. The van der Waals surface area contributed by atoms with Gasteiger partial charge in [0.1, 0.15) is 13.2 Å². The molecule has 8 heteroatoms. The Morgan fingerprint density at radius 3 is 2.63 bits per heavy atom. The lowest BCUT2D eigenvalue weighted by Crippen LogP contribution is -2.22. The van der Waals surface area contributed by atoms with Gasteiger partial charge in [0, 0.05) is 18.2 Å². The number of benzene rings is 2.